The molecule has 27 heavy (non-hydrogen) atoms. The first-order valence-electron chi connectivity index (χ1n) is 8.07. The number of carbonyl (C=O) groups excluding carboxylic acids is 3. The summed E-state index contributed by atoms with van der Waals surface area (Å²) >= 11 is 0. The number of aromatic amines is 1. The van der Waals surface area contributed by atoms with Crippen molar-refractivity contribution in [3.63, 3.8) is 0 Å². The monoisotopic (exact) mass is 374 g/mol. The number of ketones is 1. The second-order valence-corrected chi connectivity index (χ2v) is 5.65. The highest BCUT2D eigenvalue weighted by Crippen LogP contribution is 2.21. The molecule has 0 atom stereocenters. The number of Topliss-reactive ketones (excluding diaryl/α,β-unsaturated/α-hetero) is 1. The van der Waals surface area contributed by atoms with E-state index in [2.05, 4.69) is 4.98 Å². The number of hydrogen-bond donors (Lipinski definition) is 1. The number of H-pyrrole nitrogens is 1. The Morgan fingerprint density at radius 2 is 1.74 bits per heavy atom. The van der Waals surface area contributed by atoms with Crippen LogP contribution >= 0.6 is 0 Å². The SMILES string of the molecule is CCOC(=O)c1c(C)[nH]c(C)c1C(=O)COC(=O)c1cccc([N+](=O)[O-])c1. The number of rotatable bonds is 7. The predicted molar refractivity (Wildman–Crippen MR) is 93.9 cm³/mol. The number of non-ortho nitro benzene ring substituents is 1. The fourth-order valence-electron chi connectivity index (χ4n) is 2.62. The molecular formula is C18H18N2O7. The van der Waals surface area contributed by atoms with Gasteiger partial charge < -0.3 is 14.5 Å². The largest absolute Gasteiger partial charge is 0.462 e. The highest BCUT2D eigenvalue weighted by atomic mass is 16.6. The number of nitrogens with one attached hydrogen (secondary N) is 1. The Labute approximate surface area is 154 Å². The minimum absolute atomic E-state index is 0.0513. The number of carbonyl (C=O) groups is 3. The average Bonchev–Trinajstić information content (AvgIpc) is 2.93. The van der Waals surface area contributed by atoms with Gasteiger partial charge in [0, 0.05) is 23.5 Å². The third-order valence-electron chi connectivity index (χ3n) is 3.76. The Morgan fingerprint density at radius 3 is 2.37 bits per heavy atom. The number of ether oxygens (including phenoxy) is 2. The van der Waals surface area contributed by atoms with Crippen LogP contribution in [-0.4, -0.2) is 40.8 Å². The van der Waals surface area contributed by atoms with E-state index < -0.39 is 29.3 Å². The van der Waals surface area contributed by atoms with E-state index in [4.69, 9.17) is 9.47 Å². The van der Waals surface area contributed by atoms with Gasteiger partial charge in [-0.3, -0.25) is 14.9 Å². The van der Waals surface area contributed by atoms with Gasteiger partial charge in [0.25, 0.3) is 5.69 Å². The molecule has 0 spiro atoms. The average molecular weight is 374 g/mol. The predicted octanol–water partition coefficient (Wildman–Crippen LogP) is 2.76. The molecule has 142 valence electrons. The van der Waals surface area contributed by atoms with E-state index in [1.54, 1.807) is 20.8 Å². The lowest BCUT2D eigenvalue weighted by atomic mass is 10.1. The molecule has 0 fully saturated rings. The van der Waals surface area contributed by atoms with Crippen LogP contribution in [0.4, 0.5) is 5.69 Å². The number of benzene rings is 1. The van der Waals surface area contributed by atoms with Gasteiger partial charge in [-0.15, -0.1) is 0 Å². The fourth-order valence-corrected chi connectivity index (χ4v) is 2.62. The number of nitro benzene ring substituents is 1. The molecule has 0 saturated carbocycles. The molecule has 9 heteroatoms. The maximum absolute atomic E-state index is 12.5. The van der Waals surface area contributed by atoms with Gasteiger partial charge in [-0.2, -0.15) is 0 Å². The minimum atomic E-state index is -0.880. The Balaban J connectivity index is 2.17. The lowest BCUT2D eigenvalue weighted by Crippen LogP contribution is -2.18. The van der Waals surface area contributed by atoms with Crippen LogP contribution in [0, 0.1) is 24.0 Å². The lowest BCUT2D eigenvalue weighted by molar-refractivity contribution is -0.384. The van der Waals surface area contributed by atoms with Gasteiger partial charge in [-0.1, -0.05) is 6.07 Å². The second-order valence-electron chi connectivity index (χ2n) is 5.65. The van der Waals surface area contributed by atoms with E-state index in [0.717, 1.165) is 6.07 Å². The molecule has 2 rings (SSSR count). The Bertz CT molecular complexity index is 914. The summed E-state index contributed by atoms with van der Waals surface area (Å²) in [7, 11) is 0. The van der Waals surface area contributed by atoms with Crippen molar-refractivity contribution in [2.24, 2.45) is 0 Å². The first kappa shape index (κ1) is 19.8. The van der Waals surface area contributed by atoms with Gasteiger partial charge in [0.05, 0.1) is 28.2 Å². The normalized spacial score (nSPS) is 10.3. The summed E-state index contributed by atoms with van der Waals surface area (Å²) in [5.74, 6) is -2.11. The number of esters is 2. The number of aryl methyl sites for hydroxylation is 2. The number of aromatic nitrogens is 1. The molecule has 0 amide bonds. The maximum Gasteiger partial charge on any atom is 0.340 e. The molecular weight excluding hydrogens is 356 g/mol. The first-order valence-corrected chi connectivity index (χ1v) is 8.07. The van der Waals surface area contributed by atoms with Gasteiger partial charge in [-0.05, 0) is 26.8 Å². The Hall–Kier alpha value is -3.49. The van der Waals surface area contributed by atoms with Crippen molar-refractivity contribution in [3.8, 4) is 0 Å². The van der Waals surface area contributed by atoms with Gasteiger partial charge in [0.15, 0.2) is 6.61 Å². The van der Waals surface area contributed by atoms with Crippen LogP contribution in [0.5, 0.6) is 0 Å². The van der Waals surface area contributed by atoms with Crippen molar-refractivity contribution in [1.29, 1.82) is 0 Å². The quantitative estimate of drug-likeness (QED) is 0.341. The van der Waals surface area contributed by atoms with Crippen molar-refractivity contribution in [2.45, 2.75) is 20.8 Å². The third kappa shape index (κ3) is 4.38. The standard InChI is InChI=1S/C18H18N2O7/c1-4-26-18(23)16-11(3)19-10(2)15(16)14(21)9-27-17(22)12-6-5-7-13(8-12)20(24)25/h5-8,19H,4,9H2,1-3H3. The van der Waals surface area contributed by atoms with Crippen molar-refractivity contribution in [3.05, 3.63) is 62.5 Å². The summed E-state index contributed by atoms with van der Waals surface area (Å²) < 4.78 is 9.92. The molecule has 1 heterocycles. The zero-order chi connectivity index (χ0) is 20.1. The highest BCUT2D eigenvalue weighted by molar-refractivity contribution is 6.09. The molecule has 0 aliphatic carbocycles. The molecule has 1 N–H and O–H groups in total. The second kappa shape index (κ2) is 8.26. The summed E-state index contributed by atoms with van der Waals surface area (Å²) in [5.41, 5.74) is 0.803. The van der Waals surface area contributed by atoms with Gasteiger partial charge >= 0.3 is 11.9 Å². The van der Waals surface area contributed by atoms with E-state index in [-0.39, 0.29) is 29.0 Å². The summed E-state index contributed by atoms with van der Waals surface area (Å²) in [6.07, 6.45) is 0. The van der Waals surface area contributed by atoms with Crippen LogP contribution in [0.1, 0.15) is 49.4 Å². The van der Waals surface area contributed by atoms with Crippen LogP contribution in [0.2, 0.25) is 0 Å². The van der Waals surface area contributed by atoms with E-state index in [1.807, 2.05) is 0 Å². The zero-order valence-corrected chi connectivity index (χ0v) is 15.0. The van der Waals surface area contributed by atoms with Gasteiger partial charge in [-0.25, -0.2) is 9.59 Å². The Kier molecular flexibility index (Phi) is 6.07. The van der Waals surface area contributed by atoms with E-state index >= 15 is 0 Å². The smallest absolute Gasteiger partial charge is 0.340 e. The Morgan fingerprint density at radius 1 is 1.07 bits per heavy atom. The summed E-state index contributed by atoms with van der Waals surface area (Å²) in [6, 6.07) is 4.98. The van der Waals surface area contributed by atoms with E-state index in [1.165, 1.54) is 18.2 Å². The molecule has 2 aromatic rings. The van der Waals surface area contributed by atoms with E-state index in [9.17, 15) is 24.5 Å². The lowest BCUT2D eigenvalue weighted by Gasteiger charge is -2.07. The highest BCUT2D eigenvalue weighted by Gasteiger charge is 2.26. The maximum atomic E-state index is 12.5. The van der Waals surface area contributed by atoms with Crippen LogP contribution in [0.3, 0.4) is 0 Å². The van der Waals surface area contributed by atoms with Crippen molar-refractivity contribution < 1.29 is 28.8 Å². The summed E-state index contributed by atoms with van der Waals surface area (Å²) in [4.78, 5) is 49.7. The first-order chi connectivity index (χ1) is 12.8. The summed E-state index contributed by atoms with van der Waals surface area (Å²) in [5, 5.41) is 10.8. The molecule has 0 aliphatic heterocycles. The van der Waals surface area contributed by atoms with Crippen LogP contribution in [0.25, 0.3) is 0 Å². The van der Waals surface area contributed by atoms with Crippen LogP contribution in [-0.2, 0) is 9.47 Å². The molecule has 0 unspecified atom stereocenters. The molecule has 9 nitrogen and oxygen atoms in total. The zero-order valence-electron chi connectivity index (χ0n) is 15.0. The number of hydrogen-bond acceptors (Lipinski definition) is 7. The third-order valence-corrected chi connectivity index (χ3v) is 3.76. The van der Waals surface area contributed by atoms with E-state index in [0.29, 0.717) is 11.4 Å². The minimum Gasteiger partial charge on any atom is -0.462 e. The molecule has 1 aromatic heterocycles. The number of nitro groups is 1. The molecule has 0 bridgehead atoms. The van der Waals surface area contributed by atoms with Crippen molar-refractivity contribution in [1.82, 2.24) is 4.98 Å². The molecule has 0 aliphatic rings. The van der Waals surface area contributed by atoms with Gasteiger partial charge in [0.2, 0.25) is 5.78 Å². The van der Waals surface area contributed by atoms with Crippen molar-refractivity contribution in [2.75, 3.05) is 13.2 Å². The van der Waals surface area contributed by atoms with Gasteiger partial charge in [0.1, 0.15) is 0 Å². The molecule has 0 saturated heterocycles. The molecule has 0 radical (unpaired) electrons. The van der Waals surface area contributed by atoms with Crippen molar-refractivity contribution >= 4 is 23.4 Å². The number of nitrogens with zero attached hydrogens (tertiary/aromatic N) is 1. The topological polar surface area (TPSA) is 129 Å². The summed E-state index contributed by atoms with van der Waals surface area (Å²) in [6.45, 7) is 4.43. The fraction of sp³-hybridized carbons (Fsp3) is 0.278. The van der Waals surface area contributed by atoms with Crippen LogP contribution < -0.4 is 0 Å². The molecule has 1 aromatic carbocycles. The van der Waals surface area contributed by atoms with Crippen LogP contribution in [0.15, 0.2) is 24.3 Å².